The van der Waals surface area contributed by atoms with Crippen LogP contribution in [-0.4, -0.2) is 57.0 Å². The third-order valence-corrected chi connectivity index (χ3v) is 6.35. The predicted molar refractivity (Wildman–Crippen MR) is 115 cm³/mol. The Balaban J connectivity index is 1.70. The molecule has 0 aliphatic carbocycles. The molecule has 2 aromatic heterocycles. The molecule has 4 rings (SSSR count). The maximum atomic E-state index is 13.8. The minimum atomic E-state index is -4.61. The smallest absolute Gasteiger partial charge is 0.356 e. The number of fused-ring (bicyclic) bond motifs is 1. The van der Waals surface area contributed by atoms with Crippen molar-refractivity contribution in [3.05, 3.63) is 29.2 Å². The molecule has 1 atom stereocenters. The van der Waals surface area contributed by atoms with Crippen molar-refractivity contribution in [2.45, 2.75) is 64.2 Å². The summed E-state index contributed by atoms with van der Waals surface area (Å²) in [6.45, 7) is 7.92. The van der Waals surface area contributed by atoms with Gasteiger partial charge < -0.3 is 20.5 Å². The van der Waals surface area contributed by atoms with Crippen LogP contribution in [0.25, 0.3) is 11.3 Å². The molecular formula is C22H29F3N6O. The molecule has 7 nitrogen and oxygen atoms in total. The topological polar surface area (TPSA) is 85.9 Å². The third kappa shape index (κ3) is 4.46. The van der Waals surface area contributed by atoms with E-state index in [2.05, 4.69) is 39.4 Å². The van der Waals surface area contributed by atoms with Gasteiger partial charge in [-0.2, -0.15) is 13.2 Å². The van der Waals surface area contributed by atoms with Crippen LogP contribution in [0.2, 0.25) is 0 Å². The zero-order chi connectivity index (χ0) is 23.1. The fourth-order valence-electron chi connectivity index (χ4n) is 4.42. The zero-order valence-corrected chi connectivity index (χ0v) is 18.6. The Morgan fingerprint density at radius 1 is 1.34 bits per heavy atom. The molecule has 4 heterocycles. The molecule has 2 aliphatic rings. The first-order valence-corrected chi connectivity index (χ1v) is 11.0. The molecule has 2 aliphatic heterocycles. The summed E-state index contributed by atoms with van der Waals surface area (Å²) in [5, 5.41) is 6.60. The number of alkyl halides is 3. The fraction of sp³-hybridized carbons (Fsp3) is 0.591. The molecule has 2 aromatic rings. The van der Waals surface area contributed by atoms with E-state index in [1.165, 1.54) is 6.20 Å². The van der Waals surface area contributed by atoms with Crippen LogP contribution in [0.15, 0.2) is 12.4 Å². The molecule has 1 unspecified atom stereocenters. The molecule has 1 saturated heterocycles. The molecule has 32 heavy (non-hydrogen) atoms. The predicted octanol–water partition coefficient (Wildman–Crippen LogP) is 3.84. The lowest BCUT2D eigenvalue weighted by atomic mass is 9.91. The number of hydrogen-bond acceptors (Lipinski definition) is 5. The standard InChI is InChI=1S/C22H29F3N6O/c1-4-31-9-5-6-14-15(11-26-18(14)19(31)32)17-16(22(23,24)25)12-27-20(30-17)29-13-7-8-21(2,3)28-10-13/h11-13,26,28H,4-10H2,1-3H3,(H,27,29,30). The van der Waals surface area contributed by atoms with Crippen molar-refractivity contribution in [3.63, 3.8) is 0 Å². The van der Waals surface area contributed by atoms with E-state index in [4.69, 9.17) is 0 Å². The van der Waals surface area contributed by atoms with E-state index in [0.717, 1.165) is 19.0 Å². The highest BCUT2D eigenvalue weighted by Crippen LogP contribution is 2.39. The second kappa shape index (κ2) is 8.38. The summed E-state index contributed by atoms with van der Waals surface area (Å²) in [4.78, 5) is 25.7. The molecule has 174 valence electrons. The van der Waals surface area contributed by atoms with Crippen molar-refractivity contribution in [2.75, 3.05) is 25.0 Å². The van der Waals surface area contributed by atoms with Gasteiger partial charge in [-0.3, -0.25) is 4.79 Å². The molecule has 0 saturated carbocycles. The number of anilines is 1. The summed E-state index contributed by atoms with van der Waals surface area (Å²) in [5.41, 5.74) is 0.172. The van der Waals surface area contributed by atoms with Crippen LogP contribution >= 0.6 is 0 Å². The Morgan fingerprint density at radius 2 is 2.12 bits per heavy atom. The Bertz CT molecular complexity index is 990. The van der Waals surface area contributed by atoms with Crippen molar-refractivity contribution in [3.8, 4) is 11.3 Å². The van der Waals surface area contributed by atoms with Crippen molar-refractivity contribution >= 4 is 11.9 Å². The Labute approximate surface area is 185 Å². The van der Waals surface area contributed by atoms with Gasteiger partial charge >= 0.3 is 6.18 Å². The van der Waals surface area contributed by atoms with Crippen LogP contribution in [-0.2, 0) is 12.6 Å². The SMILES string of the molecule is CCN1CCCc2c(-c3nc(NC4CCC(C)(C)NC4)ncc3C(F)(F)F)c[nH]c2C1=O. The summed E-state index contributed by atoms with van der Waals surface area (Å²) in [7, 11) is 0. The average Bonchev–Trinajstić information content (AvgIpc) is 3.08. The van der Waals surface area contributed by atoms with E-state index in [9.17, 15) is 18.0 Å². The van der Waals surface area contributed by atoms with Crippen LogP contribution in [0.5, 0.6) is 0 Å². The van der Waals surface area contributed by atoms with Gasteiger partial charge in [0.2, 0.25) is 5.95 Å². The number of H-pyrrole nitrogens is 1. The van der Waals surface area contributed by atoms with E-state index < -0.39 is 11.7 Å². The van der Waals surface area contributed by atoms with Crippen LogP contribution in [0.4, 0.5) is 19.1 Å². The van der Waals surface area contributed by atoms with E-state index in [1.807, 2.05) is 6.92 Å². The molecule has 0 bridgehead atoms. The molecule has 0 aromatic carbocycles. The van der Waals surface area contributed by atoms with Crippen LogP contribution < -0.4 is 10.6 Å². The lowest BCUT2D eigenvalue weighted by Crippen LogP contribution is -2.50. The number of carbonyl (C=O) groups is 1. The van der Waals surface area contributed by atoms with Gasteiger partial charge in [0, 0.05) is 49.2 Å². The highest BCUT2D eigenvalue weighted by Gasteiger charge is 2.37. The van der Waals surface area contributed by atoms with Crippen molar-refractivity contribution in [1.29, 1.82) is 0 Å². The maximum Gasteiger partial charge on any atom is 0.419 e. The fourth-order valence-corrected chi connectivity index (χ4v) is 4.42. The van der Waals surface area contributed by atoms with Crippen LogP contribution in [0, 0.1) is 0 Å². The van der Waals surface area contributed by atoms with E-state index in [0.29, 0.717) is 49.3 Å². The highest BCUT2D eigenvalue weighted by atomic mass is 19.4. The van der Waals surface area contributed by atoms with Crippen LogP contribution in [0.1, 0.15) is 61.6 Å². The number of carbonyl (C=O) groups excluding carboxylic acids is 1. The number of piperidine rings is 1. The van der Waals surface area contributed by atoms with Crippen molar-refractivity contribution in [2.24, 2.45) is 0 Å². The average molecular weight is 451 g/mol. The zero-order valence-electron chi connectivity index (χ0n) is 18.6. The van der Waals surface area contributed by atoms with Gasteiger partial charge in [-0.15, -0.1) is 0 Å². The number of hydrogen-bond donors (Lipinski definition) is 3. The number of halogens is 3. The quantitative estimate of drug-likeness (QED) is 0.659. The molecule has 0 spiro atoms. The normalized spacial score (nSPS) is 21.2. The summed E-state index contributed by atoms with van der Waals surface area (Å²) in [5.74, 6) is -0.0345. The largest absolute Gasteiger partial charge is 0.419 e. The summed E-state index contributed by atoms with van der Waals surface area (Å²) in [6.07, 6.45) is 0.661. The second-order valence-corrected chi connectivity index (χ2v) is 9.14. The van der Waals surface area contributed by atoms with Gasteiger partial charge in [-0.1, -0.05) is 0 Å². The van der Waals surface area contributed by atoms with E-state index >= 15 is 0 Å². The highest BCUT2D eigenvalue weighted by molar-refractivity contribution is 5.96. The first kappa shape index (κ1) is 22.6. The number of nitrogens with one attached hydrogen (secondary N) is 3. The number of rotatable bonds is 4. The summed E-state index contributed by atoms with van der Waals surface area (Å²) in [6, 6.07) is 0.0237. The van der Waals surface area contributed by atoms with Gasteiger partial charge in [-0.05, 0) is 52.0 Å². The number of amides is 1. The van der Waals surface area contributed by atoms with Crippen molar-refractivity contribution < 1.29 is 18.0 Å². The second-order valence-electron chi connectivity index (χ2n) is 9.14. The number of nitrogens with zero attached hydrogens (tertiary/aromatic N) is 3. The van der Waals surface area contributed by atoms with E-state index in [-0.39, 0.29) is 29.1 Å². The minimum Gasteiger partial charge on any atom is -0.356 e. The molecule has 10 heteroatoms. The van der Waals surface area contributed by atoms with Crippen molar-refractivity contribution in [1.82, 2.24) is 25.2 Å². The first-order valence-electron chi connectivity index (χ1n) is 11.0. The van der Waals surface area contributed by atoms with Crippen LogP contribution in [0.3, 0.4) is 0 Å². The number of aromatic amines is 1. The van der Waals surface area contributed by atoms with Gasteiger partial charge in [0.05, 0.1) is 5.69 Å². The third-order valence-electron chi connectivity index (χ3n) is 6.35. The van der Waals surface area contributed by atoms with Gasteiger partial charge in [0.1, 0.15) is 11.3 Å². The first-order chi connectivity index (χ1) is 15.1. The lowest BCUT2D eigenvalue weighted by Gasteiger charge is -2.36. The monoisotopic (exact) mass is 450 g/mol. The Morgan fingerprint density at radius 3 is 2.78 bits per heavy atom. The van der Waals surface area contributed by atoms with E-state index in [1.54, 1.807) is 4.90 Å². The molecular weight excluding hydrogens is 421 g/mol. The molecule has 3 N–H and O–H groups in total. The maximum absolute atomic E-state index is 13.8. The number of aromatic nitrogens is 3. The molecule has 0 radical (unpaired) electrons. The summed E-state index contributed by atoms with van der Waals surface area (Å²) < 4.78 is 41.5. The van der Waals surface area contributed by atoms with Gasteiger partial charge in [0.15, 0.2) is 0 Å². The Hall–Kier alpha value is -2.62. The summed E-state index contributed by atoms with van der Waals surface area (Å²) >= 11 is 0. The van der Waals surface area contributed by atoms with Gasteiger partial charge in [0.25, 0.3) is 5.91 Å². The Kier molecular flexibility index (Phi) is 5.91. The molecule has 1 fully saturated rings. The minimum absolute atomic E-state index is 0.0237. The van der Waals surface area contributed by atoms with Gasteiger partial charge in [-0.25, -0.2) is 9.97 Å². The molecule has 1 amide bonds. The lowest BCUT2D eigenvalue weighted by molar-refractivity contribution is -0.137.